The standard InChI is InChI=1S/C16H19BrClF/c17-15-8-7-14(11-16(15)19)6-5-12-1-3-13(4-2-12)9-10-18/h7-13H,1-6H2. The predicted octanol–water partition coefficient (Wildman–Crippen LogP) is 6.08. The smallest absolute Gasteiger partial charge is 0.137 e. The van der Waals surface area contributed by atoms with Crippen LogP contribution in [0.5, 0.6) is 0 Å². The van der Waals surface area contributed by atoms with Gasteiger partial charge in [-0.2, -0.15) is 0 Å². The molecule has 1 fully saturated rings. The van der Waals surface area contributed by atoms with E-state index in [1.54, 1.807) is 17.7 Å². The molecule has 104 valence electrons. The summed E-state index contributed by atoms with van der Waals surface area (Å²) in [4.78, 5) is 0. The Balaban J connectivity index is 1.78. The lowest BCUT2D eigenvalue weighted by Gasteiger charge is -2.26. The first kappa shape index (κ1) is 15.1. The van der Waals surface area contributed by atoms with Gasteiger partial charge in [0.2, 0.25) is 0 Å². The third-order valence-corrected chi connectivity index (χ3v) is 4.85. The topological polar surface area (TPSA) is 0 Å². The van der Waals surface area contributed by atoms with Crippen molar-refractivity contribution in [3.8, 4) is 0 Å². The number of hydrogen-bond donors (Lipinski definition) is 0. The van der Waals surface area contributed by atoms with Crippen LogP contribution in [-0.4, -0.2) is 0 Å². The van der Waals surface area contributed by atoms with Crippen molar-refractivity contribution >= 4 is 27.5 Å². The van der Waals surface area contributed by atoms with Crippen LogP contribution >= 0.6 is 27.5 Å². The Hall–Kier alpha value is -0.340. The lowest BCUT2D eigenvalue weighted by atomic mass is 9.79. The summed E-state index contributed by atoms with van der Waals surface area (Å²) in [5.41, 5.74) is 2.75. The van der Waals surface area contributed by atoms with E-state index in [0.717, 1.165) is 17.9 Å². The number of hydrogen-bond acceptors (Lipinski definition) is 0. The third kappa shape index (κ3) is 4.61. The fourth-order valence-electron chi connectivity index (χ4n) is 2.84. The van der Waals surface area contributed by atoms with Crippen LogP contribution in [0.15, 0.2) is 34.3 Å². The molecule has 0 unspecified atom stereocenters. The second kappa shape index (κ2) is 7.44. The van der Waals surface area contributed by atoms with E-state index in [2.05, 4.69) is 22.0 Å². The molecule has 0 spiro atoms. The molecule has 0 N–H and O–H groups in total. The summed E-state index contributed by atoms with van der Waals surface area (Å²) >= 11 is 8.81. The average Bonchev–Trinajstić information content (AvgIpc) is 2.42. The molecule has 0 saturated heterocycles. The molecule has 0 amide bonds. The first-order valence-electron chi connectivity index (χ1n) is 6.90. The first-order chi connectivity index (χ1) is 9.19. The van der Waals surface area contributed by atoms with Crippen LogP contribution in [0.1, 0.15) is 37.7 Å². The summed E-state index contributed by atoms with van der Waals surface area (Å²) in [5.74, 6) is 1.29. The molecule has 1 aromatic rings. The number of aryl methyl sites for hydroxylation is 1. The fourth-order valence-corrected chi connectivity index (χ4v) is 3.29. The zero-order chi connectivity index (χ0) is 13.7. The van der Waals surface area contributed by atoms with Crippen LogP contribution in [-0.2, 0) is 6.42 Å². The summed E-state index contributed by atoms with van der Waals surface area (Å²) in [5, 5.41) is 0. The quantitative estimate of drug-likeness (QED) is 0.620. The lowest BCUT2D eigenvalue weighted by molar-refractivity contribution is 0.296. The van der Waals surface area contributed by atoms with Gasteiger partial charge in [-0.25, -0.2) is 4.39 Å². The molecule has 1 aromatic carbocycles. The molecular formula is C16H19BrClF. The second-order valence-electron chi connectivity index (χ2n) is 5.39. The van der Waals surface area contributed by atoms with Gasteiger partial charge < -0.3 is 0 Å². The van der Waals surface area contributed by atoms with Gasteiger partial charge in [-0.3, -0.25) is 0 Å². The Labute approximate surface area is 128 Å². The van der Waals surface area contributed by atoms with Gasteiger partial charge in [0.25, 0.3) is 0 Å². The normalized spacial score (nSPS) is 23.9. The van der Waals surface area contributed by atoms with E-state index < -0.39 is 0 Å². The molecule has 0 aromatic heterocycles. The Kier molecular flexibility index (Phi) is 5.90. The summed E-state index contributed by atoms with van der Waals surface area (Å²) in [6.45, 7) is 0. The Bertz CT molecular complexity index is 436. The molecule has 0 bridgehead atoms. The van der Waals surface area contributed by atoms with Crippen molar-refractivity contribution in [2.24, 2.45) is 11.8 Å². The van der Waals surface area contributed by atoms with Gasteiger partial charge in [-0.15, -0.1) is 0 Å². The number of rotatable bonds is 4. The number of allylic oxidation sites excluding steroid dienone is 1. The molecule has 1 saturated carbocycles. The maximum atomic E-state index is 13.4. The van der Waals surface area contributed by atoms with Crippen LogP contribution < -0.4 is 0 Å². The highest BCUT2D eigenvalue weighted by Gasteiger charge is 2.19. The predicted molar refractivity (Wildman–Crippen MR) is 82.9 cm³/mol. The van der Waals surface area contributed by atoms with Crippen molar-refractivity contribution in [2.75, 3.05) is 0 Å². The molecule has 0 atom stereocenters. The van der Waals surface area contributed by atoms with Crippen molar-refractivity contribution in [1.29, 1.82) is 0 Å². The van der Waals surface area contributed by atoms with Gasteiger partial charge in [-0.05, 0) is 84.0 Å². The molecule has 0 radical (unpaired) electrons. The summed E-state index contributed by atoms with van der Waals surface area (Å²) < 4.78 is 14.0. The van der Waals surface area contributed by atoms with Crippen molar-refractivity contribution in [3.63, 3.8) is 0 Å². The SMILES string of the molecule is Fc1cc(CCC2CCC(C=CCl)CC2)ccc1Br. The molecular weight excluding hydrogens is 327 g/mol. The Morgan fingerprint density at radius 3 is 2.63 bits per heavy atom. The van der Waals surface area contributed by atoms with Crippen LogP contribution in [0.2, 0.25) is 0 Å². The maximum absolute atomic E-state index is 13.4. The summed E-state index contributed by atoms with van der Waals surface area (Å²) in [6.07, 6.45) is 9.27. The van der Waals surface area contributed by atoms with Crippen molar-refractivity contribution in [3.05, 3.63) is 45.7 Å². The van der Waals surface area contributed by atoms with Gasteiger partial charge in [0.05, 0.1) is 4.47 Å². The van der Waals surface area contributed by atoms with E-state index >= 15 is 0 Å². The molecule has 0 aliphatic heterocycles. The van der Waals surface area contributed by atoms with Crippen molar-refractivity contribution < 1.29 is 4.39 Å². The fraction of sp³-hybridized carbons (Fsp3) is 0.500. The van der Waals surface area contributed by atoms with Crippen LogP contribution in [0, 0.1) is 17.7 Å². The zero-order valence-corrected chi connectivity index (χ0v) is 13.3. The van der Waals surface area contributed by atoms with Crippen molar-refractivity contribution in [1.82, 2.24) is 0 Å². The van der Waals surface area contributed by atoms with Gasteiger partial charge >= 0.3 is 0 Å². The highest BCUT2D eigenvalue weighted by molar-refractivity contribution is 9.10. The second-order valence-corrected chi connectivity index (χ2v) is 6.49. The first-order valence-corrected chi connectivity index (χ1v) is 8.13. The average molecular weight is 346 g/mol. The van der Waals surface area contributed by atoms with Crippen LogP contribution in [0.3, 0.4) is 0 Å². The molecule has 19 heavy (non-hydrogen) atoms. The van der Waals surface area contributed by atoms with E-state index in [9.17, 15) is 4.39 Å². The Morgan fingerprint density at radius 2 is 2.00 bits per heavy atom. The van der Waals surface area contributed by atoms with Crippen LogP contribution in [0.4, 0.5) is 4.39 Å². The van der Waals surface area contributed by atoms with Gasteiger partial charge in [0, 0.05) is 5.54 Å². The molecule has 1 aliphatic rings. The monoisotopic (exact) mass is 344 g/mol. The minimum absolute atomic E-state index is 0.159. The molecule has 0 nitrogen and oxygen atoms in total. The third-order valence-electron chi connectivity index (χ3n) is 4.06. The highest BCUT2D eigenvalue weighted by atomic mass is 79.9. The summed E-state index contributed by atoms with van der Waals surface area (Å²) in [7, 11) is 0. The van der Waals surface area contributed by atoms with Gasteiger partial charge in [-0.1, -0.05) is 23.7 Å². The minimum atomic E-state index is -0.159. The van der Waals surface area contributed by atoms with Crippen LogP contribution in [0.25, 0.3) is 0 Å². The lowest BCUT2D eigenvalue weighted by Crippen LogP contribution is -2.13. The molecule has 3 heteroatoms. The van der Waals surface area contributed by atoms with E-state index in [-0.39, 0.29) is 5.82 Å². The maximum Gasteiger partial charge on any atom is 0.137 e. The number of halogens is 3. The zero-order valence-electron chi connectivity index (χ0n) is 10.9. The molecule has 0 heterocycles. The minimum Gasteiger partial charge on any atom is -0.206 e. The Morgan fingerprint density at radius 1 is 1.26 bits per heavy atom. The molecule has 2 rings (SSSR count). The van der Waals surface area contributed by atoms with E-state index in [0.29, 0.717) is 10.4 Å². The summed E-state index contributed by atoms with van der Waals surface area (Å²) in [6, 6.07) is 5.45. The highest BCUT2D eigenvalue weighted by Crippen LogP contribution is 2.32. The van der Waals surface area contributed by atoms with Gasteiger partial charge in [0.15, 0.2) is 0 Å². The number of benzene rings is 1. The van der Waals surface area contributed by atoms with E-state index in [4.69, 9.17) is 11.6 Å². The molecule has 1 aliphatic carbocycles. The van der Waals surface area contributed by atoms with E-state index in [1.807, 2.05) is 6.07 Å². The van der Waals surface area contributed by atoms with Crippen molar-refractivity contribution in [2.45, 2.75) is 38.5 Å². The van der Waals surface area contributed by atoms with Gasteiger partial charge in [0.1, 0.15) is 5.82 Å². The van der Waals surface area contributed by atoms with E-state index in [1.165, 1.54) is 32.1 Å². The largest absolute Gasteiger partial charge is 0.206 e.